The highest BCUT2D eigenvalue weighted by Gasteiger charge is 2.17. The third kappa shape index (κ3) is 3.50. The minimum Gasteiger partial charge on any atom is -0.468 e. The molecule has 0 saturated heterocycles. The highest BCUT2D eigenvalue weighted by Crippen LogP contribution is 2.28. The zero-order valence-electron chi connectivity index (χ0n) is 12.5. The second kappa shape index (κ2) is 7.04. The molecule has 0 heterocycles. The summed E-state index contributed by atoms with van der Waals surface area (Å²) in [6, 6.07) is 15.8. The topological polar surface area (TPSA) is 52.3 Å². The molecule has 1 atom stereocenters. The summed E-state index contributed by atoms with van der Waals surface area (Å²) in [7, 11) is 1.36. The number of carbonyl (C=O) groups excluding carboxylic acids is 1. The maximum absolute atomic E-state index is 11.5. The van der Waals surface area contributed by atoms with Crippen LogP contribution in [0.4, 0.5) is 0 Å². The average molecular weight is 283 g/mol. The summed E-state index contributed by atoms with van der Waals surface area (Å²) in [4.78, 5) is 11.5. The van der Waals surface area contributed by atoms with E-state index in [9.17, 15) is 4.79 Å². The van der Waals surface area contributed by atoms with E-state index in [-0.39, 0.29) is 5.97 Å². The van der Waals surface area contributed by atoms with Gasteiger partial charge in [0.2, 0.25) is 0 Å². The molecule has 0 bridgehead atoms. The molecule has 0 aliphatic rings. The Balaban J connectivity index is 2.39. The molecule has 2 aromatic rings. The highest BCUT2D eigenvalue weighted by molar-refractivity contribution is 5.77. The van der Waals surface area contributed by atoms with E-state index in [0.29, 0.717) is 6.42 Å². The van der Waals surface area contributed by atoms with Gasteiger partial charge in [0.05, 0.1) is 7.11 Å². The summed E-state index contributed by atoms with van der Waals surface area (Å²) < 4.78 is 4.71. The first-order valence-corrected chi connectivity index (χ1v) is 7.17. The van der Waals surface area contributed by atoms with Gasteiger partial charge in [-0.3, -0.25) is 4.79 Å². The molecule has 110 valence electrons. The molecule has 0 amide bonds. The average Bonchev–Trinajstić information content (AvgIpc) is 2.54. The van der Waals surface area contributed by atoms with E-state index in [1.165, 1.54) is 18.2 Å². The maximum atomic E-state index is 11.5. The van der Waals surface area contributed by atoms with Crippen molar-refractivity contribution in [3.8, 4) is 11.1 Å². The van der Waals surface area contributed by atoms with Crippen LogP contribution in [0, 0.1) is 0 Å². The molecule has 0 aromatic heterocycles. The first-order chi connectivity index (χ1) is 10.2. The number of aryl methyl sites for hydroxylation is 1. The third-order valence-electron chi connectivity index (χ3n) is 3.65. The van der Waals surface area contributed by atoms with E-state index in [4.69, 9.17) is 10.5 Å². The van der Waals surface area contributed by atoms with Gasteiger partial charge in [0.15, 0.2) is 0 Å². The van der Waals surface area contributed by atoms with E-state index >= 15 is 0 Å². The maximum Gasteiger partial charge on any atom is 0.322 e. The van der Waals surface area contributed by atoms with Gasteiger partial charge in [-0.1, -0.05) is 55.5 Å². The molecular weight excluding hydrogens is 262 g/mol. The summed E-state index contributed by atoms with van der Waals surface area (Å²) in [5, 5.41) is 0. The predicted molar refractivity (Wildman–Crippen MR) is 85.0 cm³/mol. The van der Waals surface area contributed by atoms with Gasteiger partial charge in [-0.05, 0) is 35.1 Å². The monoisotopic (exact) mass is 283 g/mol. The lowest BCUT2D eigenvalue weighted by atomic mass is 9.91. The van der Waals surface area contributed by atoms with Crippen LogP contribution in [0.1, 0.15) is 18.1 Å². The summed E-state index contributed by atoms with van der Waals surface area (Å²) in [5.41, 5.74) is 10.6. The van der Waals surface area contributed by atoms with Crippen molar-refractivity contribution in [2.75, 3.05) is 7.11 Å². The van der Waals surface area contributed by atoms with Crippen LogP contribution >= 0.6 is 0 Å². The molecule has 0 aliphatic heterocycles. The van der Waals surface area contributed by atoms with Crippen LogP contribution in [-0.2, 0) is 22.4 Å². The fraction of sp³-hybridized carbons (Fsp3) is 0.278. The summed E-state index contributed by atoms with van der Waals surface area (Å²) >= 11 is 0. The third-order valence-corrected chi connectivity index (χ3v) is 3.65. The van der Waals surface area contributed by atoms with Crippen LogP contribution in [-0.4, -0.2) is 19.1 Å². The lowest BCUT2D eigenvalue weighted by Crippen LogP contribution is -2.33. The zero-order chi connectivity index (χ0) is 15.2. The number of ether oxygens (including phenoxy) is 1. The molecule has 2 aromatic carbocycles. The fourth-order valence-electron chi connectivity index (χ4n) is 2.52. The van der Waals surface area contributed by atoms with E-state index < -0.39 is 6.04 Å². The highest BCUT2D eigenvalue weighted by atomic mass is 16.5. The van der Waals surface area contributed by atoms with Gasteiger partial charge in [-0.15, -0.1) is 0 Å². The molecule has 21 heavy (non-hydrogen) atoms. The van der Waals surface area contributed by atoms with Gasteiger partial charge in [-0.25, -0.2) is 0 Å². The first-order valence-electron chi connectivity index (χ1n) is 7.17. The standard InChI is InChI=1S/C18H21NO2/c1-3-13-8-4-6-10-15(13)16-11-7-5-9-14(16)12-17(19)18(20)21-2/h4-11,17H,3,12,19H2,1-2H3/t17-/m0/s1. The Morgan fingerprint density at radius 2 is 1.57 bits per heavy atom. The first kappa shape index (κ1) is 15.3. The van der Waals surface area contributed by atoms with Crippen LogP contribution in [0.3, 0.4) is 0 Å². The number of methoxy groups -OCH3 is 1. The molecular formula is C18H21NO2. The molecule has 0 fully saturated rings. The molecule has 0 radical (unpaired) electrons. The van der Waals surface area contributed by atoms with Crippen LogP contribution in [0.2, 0.25) is 0 Å². The van der Waals surface area contributed by atoms with E-state index in [1.54, 1.807) is 0 Å². The number of benzene rings is 2. The second-order valence-corrected chi connectivity index (χ2v) is 5.00. The molecule has 0 spiro atoms. The number of nitrogens with two attached hydrogens (primary N) is 1. The summed E-state index contributed by atoms with van der Waals surface area (Å²) in [5.74, 6) is -0.381. The lowest BCUT2D eigenvalue weighted by molar-refractivity contribution is -0.142. The minimum atomic E-state index is -0.634. The van der Waals surface area contributed by atoms with Crippen molar-refractivity contribution in [2.45, 2.75) is 25.8 Å². The molecule has 2 N–H and O–H groups in total. The van der Waals surface area contributed by atoms with Crippen molar-refractivity contribution >= 4 is 5.97 Å². The number of hydrogen-bond donors (Lipinski definition) is 1. The van der Waals surface area contributed by atoms with Gasteiger partial charge >= 0.3 is 5.97 Å². The van der Waals surface area contributed by atoms with Gasteiger partial charge in [-0.2, -0.15) is 0 Å². The molecule has 2 rings (SSSR count). The molecule has 3 nitrogen and oxygen atoms in total. The van der Waals surface area contributed by atoms with Crippen LogP contribution in [0.25, 0.3) is 11.1 Å². The Labute approximate surface area is 125 Å². The van der Waals surface area contributed by atoms with Crippen molar-refractivity contribution in [2.24, 2.45) is 5.73 Å². The SMILES string of the molecule is CCc1ccccc1-c1ccccc1C[C@H](N)C(=O)OC. The molecule has 0 unspecified atom stereocenters. The summed E-state index contributed by atoms with van der Waals surface area (Å²) in [6.07, 6.45) is 1.44. The summed E-state index contributed by atoms with van der Waals surface area (Å²) in [6.45, 7) is 2.14. The minimum absolute atomic E-state index is 0.381. The number of rotatable bonds is 5. The Morgan fingerprint density at radius 1 is 1.05 bits per heavy atom. The van der Waals surface area contributed by atoms with Gasteiger partial charge < -0.3 is 10.5 Å². The van der Waals surface area contributed by atoms with Gasteiger partial charge in [0.25, 0.3) is 0 Å². The van der Waals surface area contributed by atoms with E-state index in [2.05, 4.69) is 25.1 Å². The van der Waals surface area contributed by atoms with Crippen LogP contribution in [0.5, 0.6) is 0 Å². The van der Waals surface area contributed by atoms with Gasteiger partial charge in [0, 0.05) is 0 Å². The smallest absolute Gasteiger partial charge is 0.322 e. The van der Waals surface area contributed by atoms with Crippen LogP contribution < -0.4 is 5.73 Å². The number of carbonyl (C=O) groups is 1. The molecule has 0 saturated carbocycles. The van der Waals surface area contributed by atoms with Crippen molar-refractivity contribution in [3.05, 3.63) is 59.7 Å². The quantitative estimate of drug-likeness (QED) is 0.858. The number of hydrogen-bond acceptors (Lipinski definition) is 3. The Morgan fingerprint density at radius 3 is 2.14 bits per heavy atom. The van der Waals surface area contributed by atoms with E-state index in [0.717, 1.165) is 17.5 Å². The van der Waals surface area contributed by atoms with E-state index in [1.807, 2.05) is 30.3 Å². The van der Waals surface area contributed by atoms with Crippen molar-refractivity contribution in [3.63, 3.8) is 0 Å². The Bertz CT molecular complexity index is 622. The normalized spacial score (nSPS) is 12.0. The molecule has 3 heteroatoms. The van der Waals surface area contributed by atoms with Crippen molar-refractivity contribution in [1.82, 2.24) is 0 Å². The fourth-order valence-corrected chi connectivity index (χ4v) is 2.52. The predicted octanol–water partition coefficient (Wildman–Crippen LogP) is 2.96. The Hall–Kier alpha value is -2.13. The van der Waals surface area contributed by atoms with Crippen molar-refractivity contribution < 1.29 is 9.53 Å². The largest absolute Gasteiger partial charge is 0.468 e. The van der Waals surface area contributed by atoms with Gasteiger partial charge in [0.1, 0.15) is 6.04 Å². The van der Waals surface area contributed by atoms with Crippen LogP contribution in [0.15, 0.2) is 48.5 Å². The van der Waals surface area contributed by atoms with Crippen molar-refractivity contribution in [1.29, 1.82) is 0 Å². The lowest BCUT2D eigenvalue weighted by Gasteiger charge is -2.15. The zero-order valence-corrected chi connectivity index (χ0v) is 12.5. The molecule has 0 aliphatic carbocycles. The Kier molecular flexibility index (Phi) is 5.12. The number of esters is 1. The second-order valence-electron chi connectivity index (χ2n) is 5.00.